The molecule has 0 heterocycles. The summed E-state index contributed by atoms with van der Waals surface area (Å²) in [5.74, 6) is 0. The Morgan fingerprint density at radius 3 is 0.889 bits per heavy atom. The Morgan fingerprint density at radius 1 is 0.296 bits per heavy atom. The van der Waals surface area contributed by atoms with Crippen LogP contribution in [-0.2, 0) is 0 Å². The maximum absolute atomic E-state index is 2.46. The van der Waals surface area contributed by atoms with Crippen molar-refractivity contribution in [1.82, 2.24) is 0 Å². The van der Waals surface area contributed by atoms with E-state index in [0.717, 1.165) is 0 Å². The van der Waals surface area contributed by atoms with Crippen molar-refractivity contribution < 1.29 is 0 Å². The summed E-state index contributed by atoms with van der Waals surface area (Å²) in [6, 6.07) is 0. The Bertz CT molecular complexity index is 257. The van der Waals surface area contributed by atoms with Crippen molar-refractivity contribution in [3.05, 3.63) is 0 Å². The third-order valence-electron chi connectivity index (χ3n) is 6.71. The summed E-state index contributed by atoms with van der Waals surface area (Å²) in [7, 11) is -0.993. The molecule has 0 aliphatic carbocycles. The topological polar surface area (TPSA) is 0 Å². The first-order valence-corrected chi connectivity index (χ1v) is 16.1. The van der Waals surface area contributed by atoms with Gasteiger partial charge in [-0.3, -0.25) is 0 Å². The normalized spacial score (nSPS) is 12.6. The summed E-state index contributed by atoms with van der Waals surface area (Å²) >= 11 is 0. The van der Waals surface area contributed by atoms with Crippen molar-refractivity contribution in [3.63, 3.8) is 0 Å². The van der Waals surface area contributed by atoms with E-state index in [9.17, 15) is 0 Å². The van der Waals surface area contributed by atoms with Gasteiger partial charge in [0.1, 0.15) is 0 Å². The molecule has 0 fully saturated rings. The van der Waals surface area contributed by atoms with E-state index in [1.54, 1.807) is 43.9 Å². The van der Waals surface area contributed by atoms with Crippen LogP contribution in [0.1, 0.15) is 143 Å². The molecule has 0 unspecified atom stereocenters. The van der Waals surface area contributed by atoms with Gasteiger partial charge in [-0.15, -0.1) is 0 Å². The van der Waals surface area contributed by atoms with Gasteiger partial charge in [0.25, 0.3) is 0 Å². The monoisotopic (exact) mass is 400 g/mol. The Kier molecular flexibility index (Phi) is 21.5. The molecule has 0 aromatic heterocycles. The van der Waals surface area contributed by atoms with E-state index >= 15 is 0 Å². The quantitative estimate of drug-likeness (QED) is 0.125. The van der Waals surface area contributed by atoms with Crippen LogP contribution in [0.25, 0.3) is 0 Å². The first kappa shape index (κ1) is 27.4. The maximum atomic E-state index is 2.46. The predicted octanol–water partition coefficient (Wildman–Crippen LogP) is 9.84. The summed E-state index contributed by atoms with van der Waals surface area (Å²) in [5.41, 5.74) is 0. The second-order valence-electron chi connectivity index (χ2n) is 9.45. The van der Waals surface area contributed by atoms with Crippen LogP contribution in [0.2, 0.25) is 0 Å². The zero-order valence-corrected chi connectivity index (χ0v) is 21.1. The molecule has 0 nitrogen and oxygen atoms in total. The standard InChI is InChI=1S/C26H57P/c1-5-9-12-15-18-21-25-27(23-8-4,24-20-17-14-11-7-3)26-22-19-16-13-10-6-2/h27H,5-26H2,1-4H3. The Hall–Kier alpha value is 0.430. The molecule has 166 valence electrons. The number of hydrogen-bond donors (Lipinski definition) is 0. The molecule has 0 aromatic carbocycles. The average Bonchev–Trinajstić information content (AvgIpc) is 2.67. The molecule has 0 atom stereocenters. The van der Waals surface area contributed by atoms with Crippen LogP contribution in [0, 0.1) is 0 Å². The molecule has 0 saturated heterocycles. The molecule has 0 saturated carbocycles. The number of rotatable bonds is 22. The molecule has 1 heteroatoms. The van der Waals surface area contributed by atoms with E-state index in [2.05, 4.69) is 27.7 Å². The summed E-state index contributed by atoms with van der Waals surface area (Å²) in [6.45, 7) is 9.46. The number of unbranched alkanes of at least 4 members (excludes halogenated alkanes) is 14. The SMILES string of the molecule is CCCCCCCC[PH](CCC)(CCCCCCC)CCCCCCCC. The molecule has 27 heavy (non-hydrogen) atoms. The summed E-state index contributed by atoms with van der Waals surface area (Å²) < 4.78 is 0. The predicted molar refractivity (Wildman–Crippen MR) is 134 cm³/mol. The fraction of sp³-hybridized carbons (Fsp3) is 1.00. The van der Waals surface area contributed by atoms with Crippen molar-refractivity contribution in [3.8, 4) is 0 Å². The van der Waals surface area contributed by atoms with E-state index in [4.69, 9.17) is 0 Å². The van der Waals surface area contributed by atoms with Crippen LogP contribution in [0.3, 0.4) is 0 Å². The van der Waals surface area contributed by atoms with Crippen LogP contribution in [0.15, 0.2) is 0 Å². The molecular formula is C26H57P. The van der Waals surface area contributed by atoms with Gasteiger partial charge in [-0.2, -0.15) is 0 Å². The van der Waals surface area contributed by atoms with Crippen LogP contribution in [-0.4, -0.2) is 24.6 Å². The molecule has 0 N–H and O–H groups in total. The fourth-order valence-corrected chi connectivity index (χ4v) is 10.5. The van der Waals surface area contributed by atoms with E-state index < -0.39 is 7.26 Å². The summed E-state index contributed by atoms with van der Waals surface area (Å²) in [4.78, 5) is 0. The molecule has 0 aromatic rings. The van der Waals surface area contributed by atoms with Gasteiger partial charge in [0.15, 0.2) is 0 Å². The average molecular weight is 401 g/mol. The van der Waals surface area contributed by atoms with Crippen LogP contribution in [0.5, 0.6) is 0 Å². The second-order valence-corrected chi connectivity index (χ2v) is 14.4. The Labute approximate surface area is 175 Å². The van der Waals surface area contributed by atoms with E-state index in [0.29, 0.717) is 0 Å². The first-order chi connectivity index (χ1) is 13.2. The Morgan fingerprint density at radius 2 is 0.593 bits per heavy atom. The van der Waals surface area contributed by atoms with Crippen molar-refractivity contribution >= 4 is 7.26 Å². The van der Waals surface area contributed by atoms with Crippen LogP contribution < -0.4 is 0 Å². The zero-order chi connectivity index (χ0) is 20.1. The molecule has 0 spiro atoms. The van der Waals surface area contributed by atoms with Crippen molar-refractivity contribution in [1.29, 1.82) is 0 Å². The zero-order valence-electron chi connectivity index (χ0n) is 20.1. The van der Waals surface area contributed by atoms with E-state index in [1.165, 1.54) is 96.3 Å². The molecule has 0 rings (SSSR count). The van der Waals surface area contributed by atoms with Crippen LogP contribution >= 0.6 is 7.26 Å². The van der Waals surface area contributed by atoms with E-state index in [1.807, 2.05) is 0 Å². The third-order valence-corrected chi connectivity index (χ3v) is 12.5. The van der Waals surface area contributed by atoms with Crippen molar-refractivity contribution in [2.75, 3.05) is 24.6 Å². The Balaban J connectivity index is 4.39. The van der Waals surface area contributed by atoms with Crippen LogP contribution in [0.4, 0.5) is 0 Å². The van der Waals surface area contributed by atoms with Gasteiger partial charge in [-0.05, 0) is 0 Å². The number of hydrogen-bond acceptors (Lipinski definition) is 0. The minimum atomic E-state index is -0.993. The summed E-state index contributed by atoms with van der Waals surface area (Å²) in [5, 5.41) is 0. The second kappa shape index (κ2) is 21.1. The summed E-state index contributed by atoms with van der Waals surface area (Å²) in [6.07, 6.45) is 33.2. The molecule has 0 aliphatic heterocycles. The van der Waals surface area contributed by atoms with Crippen molar-refractivity contribution in [2.45, 2.75) is 143 Å². The first-order valence-electron chi connectivity index (χ1n) is 13.2. The van der Waals surface area contributed by atoms with E-state index in [-0.39, 0.29) is 0 Å². The van der Waals surface area contributed by atoms with Gasteiger partial charge < -0.3 is 0 Å². The fourth-order valence-electron chi connectivity index (χ4n) is 4.94. The molecule has 0 aliphatic rings. The van der Waals surface area contributed by atoms with Gasteiger partial charge >= 0.3 is 175 Å². The molecule has 0 bridgehead atoms. The van der Waals surface area contributed by atoms with Gasteiger partial charge in [0.05, 0.1) is 0 Å². The van der Waals surface area contributed by atoms with Gasteiger partial charge in [-0.1, -0.05) is 0 Å². The van der Waals surface area contributed by atoms with Crippen molar-refractivity contribution in [2.24, 2.45) is 0 Å². The van der Waals surface area contributed by atoms with Gasteiger partial charge in [-0.25, -0.2) is 0 Å². The third kappa shape index (κ3) is 17.0. The molecule has 0 radical (unpaired) electrons. The molecular weight excluding hydrogens is 343 g/mol. The minimum absolute atomic E-state index is 0.993. The van der Waals surface area contributed by atoms with Gasteiger partial charge in [0, 0.05) is 0 Å². The van der Waals surface area contributed by atoms with Gasteiger partial charge in [0.2, 0.25) is 0 Å². The molecule has 0 amide bonds.